The number of hydrogen-bond acceptors (Lipinski definition) is 3. The largest absolute Gasteiger partial charge is 0.369 e. The van der Waals surface area contributed by atoms with Crippen LogP contribution in [-0.2, 0) is 4.79 Å². The first-order valence-corrected chi connectivity index (χ1v) is 9.19. The van der Waals surface area contributed by atoms with Crippen LogP contribution in [0, 0.1) is 11.3 Å². The minimum atomic E-state index is -0.152. The molecule has 2 fully saturated rings. The third-order valence-electron chi connectivity index (χ3n) is 6.19. The smallest absolute Gasteiger partial charge is 0.221 e. The molecule has 6 nitrogen and oxygen atoms in total. The van der Waals surface area contributed by atoms with E-state index >= 15 is 0 Å². The van der Waals surface area contributed by atoms with Crippen molar-refractivity contribution in [2.45, 2.75) is 52.5 Å². The van der Waals surface area contributed by atoms with Gasteiger partial charge in [-0.25, -0.2) is 0 Å². The number of amides is 1. The minimum Gasteiger partial charge on any atom is -0.369 e. The molecule has 138 valence electrons. The Morgan fingerprint density at radius 2 is 2.04 bits per heavy atom. The number of carbonyl (C=O) groups excluding carboxylic acids is 1. The zero-order valence-corrected chi connectivity index (χ0v) is 16.1. The van der Waals surface area contributed by atoms with Gasteiger partial charge in [0.1, 0.15) is 0 Å². The molecule has 0 aliphatic carbocycles. The van der Waals surface area contributed by atoms with Gasteiger partial charge in [0.25, 0.3) is 0 Å². The number of carbonyl (C=O) groups is 1. The van der Waals surface area contributed by atoms with E-state index in [9.17, 15) is 4.79 Å². The lowest BCUT2D eigenvalue weighted by Crippen LogP contribution is -2.72. The molecule has 2 aliphatic heterocycles. The molecule has 0 saturated carbocycles. The molecule has 6 heteroatoms. The Labute approximate surface area is 146 Å². The lowest BCUT2D eigenvalue weighted by atomic mass is 9.65. The molecule has 1 amide bonds. The van der Waals surface area contributed by atoms with Gasteiger partial charge in [0.15, 0.2) is 5.96 Å². The number of rotatable bonds is 5. The van der Waals surface area contributed by atoms with Gasteiger partial charge >= 0.3 is 0 Å². The molecule has 2 aliphatic rings. The molecular formula is C18H35N5O. The van der Waals surface area contributed by atoms with Gasteiger partial charge in [-0.2, -0.15) is 0 Å². The van der Waals surface area contributed by atoms with E-state index in [2.05, 4.69) is 47.8 Å². The van der Waals surface area contributed by atoms with Crippen LogP contribution in [0.1, 0.15) is 47.0 Å². The van der Waals surface area contributed by atoms with Crippen LogP contribution >= 0.6 is 0 Å². The topological polar surface area (TPSA) is 74.0 Å². The van der Waals surface area contributed by atoms with Gasteiger partial charge in [0.05, 0.1) is 5.92 Å². The number of guanidine groups is 1. The van der Waals surface area contributed by atoms with Crippen molar-refractivity contribution in [3.63, 3.8) is 0 Å². The molecule has 0 bridgehead atoms. The molecule has 1 unspecified atom stereocenters. The zero-order chi connectivity index (χ0) is 18.0. The predicted molar refractivity (Wildman–Crippen MR) is 98.9 cm³/mol. The van der Waals surface area contributed by atoms with Crippen molar-refractivity contribution in [2.24, 2.45) is 22.1 Å². The van der Waals surface area contributed by atoms with Gasteiger partial charge in [-0.3, -0.25) is 9.79 Å². The molecule has 24 heavy (non-hydrogen) atoms. The van der Waals surface area contributed by atoms with Crippen molar-refractivity contribution in [1.29, 1.82) is 0 Å². The highest BCUT2D eigenvalue weighted by Gasteiger charge is 2.53. The van der Waals surface area contributed by atoms with Crippen molar-refractivity contribution in [3.8, 4) is 0 Å². The molecule has 0 aromatic carbocycles. The summed E-state index contributed by atoms with van der Waals surface area (Å²) in [5.41, 5.74) is 5.87. The second-order valence-corrected chi connectivity index (χ2v) is 8.40. The normalized spacial score (nSPS) is 26.8. The van der Waals surface area contributed by atoms with Crippen LogP contribution in [-0.4, -0.2) is 67.0 Å². The number of nitrogens with zero attached hydrogens (tertiary/aromatic N) is 3. The van der Waals surface area contributed by atoms with Gasteiger partial charge in [0, 0.05) is 37.6 Å². The highest BCUT2D eigenvalue weighted by molar-refractivity contribution is 5.82. The molecule has 0 aromatic rings. The summed E-state index contributed by atoms with van der Waals surface area (Å²) in [7, 11) is 1.85. The Bertz CT molecular complexity index is 486. The highest BCUT2D eigenvalue weighted by atomic mass is 16.1. The molecule has 1 atom stereocenters. The summed E-state index contributed by atoms with van der Waals surface area (Å²) in [4.78, 5) is 20.5. The fraction of sp³-hybridized carbons (Fsp3) is 0.889. The van der Waals surface area contributed by atoms with Gasteiger partial charge in [-0.05, 0) is 46.2 Å². The predicted octanol–water partition coefficient (Wildman–Crippen LogP) is 1.27. The summed E-state index contributed by atoms with van der Waals surface area (Å²) in [6, 6.07) is 0. The van der Waals surface area contributed by atoms with E-state index in [1.165, 1.54) is 0 Å². The third kappa shape index (κ3) is 3.85. The van der Waals surface area contributed by atoms with Gasteiger partial charge < -0.3 is 20.9 Å². The summed E-state index contributed by atoms with van der Waals surface area (Å²) in [5, 5.41) is 3.50. The Morgan fingerprint density at radius 3 is 2.58 bits per heavy atom. The van der Waals surface area contributed by atoms with Crippen LogP contribution < -0.4 is 11.1 Å². The van der Waals surface area contributed by atoms with Crippen molar-refractivity contribution in [3.05, 3.63) is 0 Å². The van der Waals surface area contributed by atoms with E-state index < -0.39 is 0 Å². The number of piperidine rings is 1. The Hall–Kier alpha value is -1.30. The van der Waals surface area contributed by atoms with Crippen LogP contribution in [0.25, 0.3) is 0 Å². The minimum absolute atomic E-state index is 0.0311. The summed E-state index contributed by atoms with van der Waals surface area (Å²) in [6.45, 7) is 14.0. The second kappa shape index (κ2) is 7.30. The van der Waals surface area contributed by atoms with Gasteiger partial charge in [-0.15, -0.1) is 0 Å². The number of nitrogens with two attached hydrogens (primary N) is 1. The number of hydrogen-bond donors (Lipinski definition) is 2. The van der Waals surface area contributed by atoms with E-state index in [1.807, 2.05) is 7.05 Å². The summed E-state index contributed by atoms with van der Waals surface area (Å²) < 4.78 is 0. The van der Waals surface area contributed by atoms with E-state index in [-0.39, 0.29) is 17.4 Å². The van der Waals surface area contributed by atoms with Gasteiger partial charge in [0.2, 0.25) is 5.91 Å². The first-order valence-electron chi connectivity index (χ1n) is 9.19. The average molecular weight is 338 g/mol. The summed E-state index contributed by atoms with van der Waals surface area (Å²) in [5.74, 6) is 0.873. The maximum absolute atomic E-state index is 11.3. The molecule has 2 saturated heterocycles. The fourth-order valence-electron chi connectivity index (χ4n) is 3.69. The first kappa shape index (κ1) is 19.0. The molecule has 0 aromatic heterocycles. The molecule has 0 spiro atoms. The molecular weight excluding hydrogens is 302 g/mol. The first-order chi connectivity index (χ1) is 11.2. The lowest BCUT2D eigenvalue weighted by Gasteiger charge is -2.62. The third-order valence-corrected chi connectivity index (χ3v) is 6.19. The van der Waals surface area contributed by atoms with Crippen LogP contribution in [0.2, 0.25) is 0 Å². The maximum atomic E-state index is 11.3. The van der Waals surface area contributed by atoms with E-state index in [0.29, 0.717) is 5.41 Å². The quantitative estimate of drug-likeness (QED) is 0.450. The number of nitrogens with one attached hydrogen (secondary N) is 1. The van der Waals surface area contributed by atoms with Crippen molar-refractivity contribution in [1.82, 2.24) is 15.1 Å². The highest BCUT2D eigenvalue weighted by Crippen LogP contribution is 2.46. The molecule has 2 rings (SSSR count). The monoisotopic (exact) mass is 337 g/mol. The zero-order valence-electron chi connectivity index (χ0n) is 16.1. The molecule has 2 heterocycles. The Morgan fingerprint density at radius 1 is 1.33 bits per heavy atom. The standard InChI is InChI=1S/C18H35N5O/c1-17(2)13-23(18(17,3)4)16(20-5)21-9-7-11-22-10-6-8-14(12-22)15(19)24/h14H,6-13H2,1-5H3,(H2,19,24)(H,20,21). The number of likely N-dealkylation sites (tertiary alicyclic amines) is 2. The van der Waals surface area contributed by atoms with Crippen LogP contribution in [0.5, 0.6) is 0 Å². The van der Waals surface area contributed by atoms with Gasteiger partial charge in [-0.1, -0.05) is 13.8 Å². The average Bonchev–Trinajstić information content (AvgIpc) is 2.53. The van der Waals surface area contributed by atoms with Crippen molar-refractivity contribution in [2.75, 3.05) is 39.8 Å². The van der Waals surface area contributed by atoms with E-state index in [4.69, 9.17) is 5.73 Å². The SMILES string of the molecule is CN=C(NCCCN1CCCC(C(N)=O)C1)N1CC(C)(C)C1(C)C. The Balaban J connectivity index is 1.73. The maximum Gasteiger partial charge on any atom is 0.221 e. The van der Waals surface area contributed by atoms with E-state index in [0.717, 1.165) is 57.9 Å². The van der Waals surface area contributed by atoms with E-state index in [1.54, 1.807) is 0 Å². The molecule has 0 radical (unpaired) electrons. The summed E-state index contributed by atoms with van der Waals surface area (Å²) in [6.07, 6.45) is 3.05. The number of aliphatic imine (C=N–C) groups is 1. The van der Waals surface area contributed by atoms with Crippen LogP contribution in [0.3, 0.4) is 0 Å². The lowest BCUT2D eigenvalue weighted by molar-refractivity contribution is -0.123. The van der Waals surface area contributed by atoms with Crippen molar-refractivity contribution < 1.29 is 4.79 Å². The fourth-order valence-corrected chi connectivity index (χ4v) is 3.69. The van der Waals surface area contributed by atoms with Crippen LogP contribution in [0.15, 0.2) is 4.99 Å². The molecule has 3 N–H and O–H groups in total. The Kier molecular flexibility index (Phi) is 5.78. The van der Waals surface area contributed by atoms with Crippen molar-refractivity contribution >= 4 is 11.9 Å². The van der Waals surface area contributed by atoms with Crippen LogP contribution in [0.4, 0.5) is 0 Å². The summed E-state index contributed by atoms with van der Waals surface area (Å²) >= 11 is 0. The number of primary amides is 1. The second-order valence-electron chi connectivity index (χ2n) is 8.40.